The lowest BCUT2D eigenvalue weighted by Gasteiger charge is -2.52. The summed E-state index contributed by atoms with van der Waals surface area (Å²) < 4.78 is 0. The largest absolute Gasteiger partial charge is 0.298 e. The van der Waals surface area contributed by atoms with Crippen LogP contribution < -0.4 is 0 Å². The Kier molecular flexibility index (Phi) is 3.25. The van der Waals surface area contributed by atoms with Gasteiger partial charge in [0.05, 0.1) is 6.04 Å². The van der Waals surface area contributed by atoms with Crippen LogP contribution in [-0.4, -0.2) is 36.8 Å². The zero-order valence-electron chi connectivity index (χ0n) is 12.4. The fraction of sp³-hybridized carbons (Fsp3) is 0.938. The zero-order valence-corrected chi connectivity index (χ0v) is 12.4. The summed E-state index contributed by atoms with van der Waals surface area (Å²) in [4.78, 5) is 7.61. The van der Waals surface area contributed by atoms with Gasteiger partial charge >= 0.3 is 0 Å². The number of rotatable bonds is 0. The normalized spacial score (nSPS) is 49.2. The van der Waals surface area contributed by atoms with Crippen molar-refractivity contribution in [2.45, 2.75) is 46.1 Å². The third-order valence-electron chi connectivity index (χ3n) is 5.87. The number of likely N-dealkylation sites (tertiary alicyclic amines) is 1. The number of hydrogen-bond acceptors (Lipinski definition) is 2. The second-order valence-corrected chi connectivity index (χ2v) is 7.27. The molecule has 2 aliphatic heterocycles. The Labute approximate surface area is 112 Å². The van der Waals surface area contributed by atoms with Crippen LogP contribution in [0.3, 0.4) is 0 Å². The van der Waals surface area contributed by atoms with Gasteiger partial charge in [-0.05, 0) is 55.9 Å². The van der Waals surface area contributed by atoms with Gasteiger partial charge in [0, 0.05) is 18.8 Å². The van der Waals surface area contributed by atoms with Crippen LogP contribution in [0.5, 0.6) is 0 Å². The lowest BCUT2D eigenvalue weighted by atomic mass is 9.64. The molecule has 3 aliphatic rings. The summed E-state index contributed by atoms with van der Waals surface area (Å²) >= 11 is 0. The van der Waals surface area contributed by atoms with Gasteiger partial charge in [0.1, 0.15) is 0 Å². The van der Waals surface area contributed by atoms with E-state index in [1.807, 2.05) is 0 Å². The van der Waals surface area contributed by atoms with Crippen LogP contribution in [0.2, 0.25) is 0 Å². The Hall–Kier alpha value is -0.370. The number of nitrogens with zero attached hydrogens (tertiary/aromatic N) is 2. The van der Waals surface area contributed by atoms with Crippen molar-refractivity contribution in [3.05, 3.63) is 0 Å². The van der Waals surface area contributed by atoms with Crippen molar-refractivity contribution >= 4 is 5.71 Å². The summed E-state index contributed by atoms with van der Waals surface area (Å²) in [6.07, 6.45) is 4.21. The first-order valence-electron chi connectivity index (χ1n) is 7.82. The van der Waals surface area contributed by atoms with E-state index in [0.717, 1.165) is 36.1 Å². The van der Waals surface area contributed by atoms with Gasteiger partial charge in [0.2, 0.25) is 0 Å². The highest BCUT2D eigenvalue weighted by atomic mass is 15.2. The smallest absolute Gasteiger partial charge is 0.0507 e. The maximum absolute atomic E-state index is 5.00. The van der Waals surface area contributed by atoms with Crippen LogP contribution in [-0.2, 0) is 0 Å². The van der Waals surface area contributed by atoms with Crippen LogP contribution in [0, 0.1) is 29.6 Å². The summed E-state index contributed by atoms with van der Waals surface area (Å²) in [5, 5.41) is 0. The molecule has 0 aromatic carbocycles. The van der Waals surface area contributed by atoms with E-state index in [2.05, 4.69) is 32.7 Å². The molecular weight excluding hydrogens is 220 g/mol. The summed E-state index contributed by atoms with van der Waals surface area (Å²) in [5.74, 6) is 4.19. The van der Waals surface area contributed by atoms with Gasteiger partial charge in [0.25, 0.3) is 0 Å². The molecule has 3 rings (SSSR count). The Morgan fingerprint density at radius 2 is 1.94 bits per heavy atom. The van der Waals surface area contributed by atoms with Crippen molar-refractivity contribution in [2.24, 2.45) is 34.6 Å². The minimum absolute atomic E-state index is 0.669. The SMILES string of the molecule is CC1CN=C2C(CCC3C(C)C(C)CN(C)C23)C1. The Balaban J connectivity index is 1.89. The van der Waals surface area contributed by atoms with Gasteiger partial charge in [-0.25, -0.2) is 0 Å². The van der Waals surface area contributed by atoms with Crippen LogP contribution in [0.1, 0.15) is 40.0 Å². The average molecular weight is 248 g/mol. The minimum atomic E-state index is 0.669. The van der Waals surface area contributed by atoms with E-state index in [4.69, 9.17) is 4.99 Å². The molecule has 2 heterocycles. The number of aliphatic imine (C=N–C) groups is 1. The van der Waals surface area contributed by atoms with Gasteiger partial charge in [0.15, 0.2) is 0 Å². The highest BCUT2D eigenvalue weighted by Gasteiger charge is 2.46. The topological polar surface area (TPSA) is 15.6 Å². The van der Waals surface area contributed by atoms with Crippen LogP contribution >= 0.6 is 0 Å². The average Bonchev–Trinajstić information content (AvgIpc) is 2.34. The van der Waals surface area contributed by atoms with E-state index in [1.54, 1.807) is 5.71 Å². The van der Waals surface area contributed by atoms with Crippen molar-refractivity contribution in [3.8, 4) is 0 Å². The predicted molar refractivity (Wildman–Crippen MR) is 77.0 cm³/mol. The van der Waals surface area contributed by atoms with Crippen molar-refractivity contribution in [2.75, 3.05) is 20.1 Å². The molecule has 0 N–H and O–H groups in total. The second-order valence-electron chi connectivity index (χ2n) is 7.27. The van der Waals surface area contributed by atoms with Gasteiger partial charge in [-0.1, -0.05) is 20.8 Å². The fourth-order valence-electron chi connectivity index (χ4n) is 4.70. The van der Waals surface area contributed by atoms with Crippen molar-refractivity contribution in [3.63, 3.8) is 0 Å². The molecule has 2 heteroatoms. The molecule has 0 radical (unpaired) electrons. The van der Waals surface area contributed by atoms with Crippen molar-refractivity contribution < 1.29 is 0 Å². The maximum Gasteiger partial charge on any atom is 0.0507 e. The van der Waals surface area contributed by atoms with Gasteiger partial charge in [-0.3, -0.25) is 9.89 Å². The molecule has 0 spiro atoms. The lowest BCUT2D eigenvalue weighted by Crippen LogP contribution is -2.58. The van der Waals surface area contributed by atoms with E-state index < -0.39 is 0 Å². The molecule has 102 valence electrons. The van der Waals surface area contributed by atoms with Crippen LogP contribution in [0.15, 0.2) is 4.99 Å². The molecule has 2 nitrogen and oxygen atoms in total. The molecule has 6 atom stereocenters. The van der Waals surface area contributed by atoms with Gasteiger partial charge in [-0.2, -0.15) is 0 Å². The van der Waals surface area contributed by atoms with Crippen molar-refractivity contribution in [1.29, 1.82) is 0 Å². The Morgan fingerprint density at radius 1 is 1.17 bits per heavy atom. The first kappa shape index (κ1) is 12.7. The third-order valence-corrected chi connectivity index (χ3v) is 5.87. The molecule has 2 fully saturated rings. The van der Waals surface area contributed by atoms with E-state index in [-0.39, 0.29) is 0 Å². The Bertz CT molecular complexity index is 349. The number of piperidine rings is 1. The van der Waals surface area contributed by atoms with E-state index in [9.17, 15) is 0 Å². The highest BCUT2D eigenvalue weighted by Crippen LogP contribution is 2.43. The monoisotopic (exact) mass is 248 g/mol. The zero-order chi connectivity index (χ0) is 12.9. The quantitative estimate of drug-likeness (QED) is 0.643. The molecular formula is C16H28N2. The van der Waals surface area contributed by atoms with Gasteiger partial charge < -0.3 is 0 Å². The highest BCUT2D eigenvalue weighted by molar-refractivity contribution is 5.93. The summed E-state index contributed by atoms with van der Waals surface area (Å²) in [5.41, 5.74) is 1.57. The number of fused-ring (bicyclic) bond motifs is 3. The Morgan fingerprint density at radius 3 is 2.72 bits per heavy atom. The molecule has 1 saturated carbocycles. The first-order valence-corrected chi connectivity index (χ1v) is 7.82. The molecule has 0 aromatic heterocycles. The third kappa shape index (κ3) is 1.93. The molecule has 1 aliphatic carbocycles. The molecule has 0 amide bonds. The molecule has 6 unspecified atom stereocenters. The van der Waals surface area contributed by atoms with E-state index >= 15 is 0 Å². The predicted octanol–water partition coefficient (Wildman–Crippen LogP) is 3.08. The van der Waals surface area contributed by atoms with Gasteiger partial charge in [-0.15, -0.1) is 0 Å². The summed E-state index contributed by atoms with van der Waals surface area (Å²) in [6, 6.07) is 0.669. The molecule has 0 aromatic rings. The second kappa shape index (κ2) is 4.63. The molecule has 1 saturated heterocycles. The first-order chi connectivity index (χ1) is 8.58. The van der Waals surface area contributed by atoms with Crippen molar-refractivity contribution in [1.82, 2.24) is 4.90 Å². The van der Waals surface area contributed by atoms with Crippen LogP contribution in [0.4, 0.5) is 0 Å². The minimum Gasteiger partial charge on any atom is -0.298 e. The fourth-order valence-corrected chi connectivity index (χ4v) is 4.70. The molecule has 18 heavy (non-hydrogen) atoms. The summed E-state index contributed by atoms with van der Waals surface area (Å²) in [7, 11) is 2.32. The maximum atomic E-state index is 5.00. The standard InChI is InChI=1S/C16H28N2/c1-10-7-13-5-6-14-12(3)11(2)9-18(4)16(14)15(13)17-8-10/h10-14,16H,5-9H2,1-4H3. The summed E-state index contributed by atoms with van der Waals surface area (Å²) in [6.45, 7) is 9.59. The number of hydrogen-bond donors (Lipinski definition) is 0. The van der Waals surface area contributed by atoms with E-state index in [1.165, 1.54) is 25.8 Å². The lowest BCUT2D eigenvalue weighted by molar-refractivity contribution is 0.0467. The van der Waals surface area contributed by atoms with E-state index in [0.29, 0.717) is 6.04 Å². The molecule has 0 bridgehead atoms. The van der Waals surface area contributed by atoms with Crippen LogP contribution in [0.25, 0.3) is 0 Å².